The summed E-state index contributed by atoms with van der Waals surface area (Å²) in [5.41, 5.74) is 0. The van der Waals surface area contributed by atoms with E-state index in [1.54, 1.807) is 53.7 Å². The number of carbonyl (C=O) groups is 2. The van der Waals surface area contributed by atoms with E-state index in [0.717, 1.165) is 0 Å². The van der Waals surface area contributed by atoms with E-state index in [4.69, 9.17) is 0 Å². The summed E-state index contributed by atoms with van der Waals surface area (Å²) < 4.78 is 27.2. The Morgan fingerprint density at radius 2 is 2.10 bits per heavy atom. The van der Waals surface area contributed by atoms with Crippen LogP contribution in [0, 0.1) is 5.92 Å². The molecule has 2 atom stereocenters. The predicted octanol–water partition coefficient (Wildman–Crippen LogP) is 2.42. The number of piperidine rings is 1. The molecule has 0 spiro atoms. The predicted molar refractivity (Wildman–Crippen MR) is 124 cm³/mol. The fourth-order valence-electron chi connectivity index (χ4n) is 3.39. The topological polar surface area (TPSA) is 108 Å². The largest absolute Gasteiger partial charge is 0.344 e. The SMILES string of the molecule is CSCCC(NC(=O)C1CCCN(S(=O)(=O)c2ccccc2)C1)C(=O)Nc1nccs1. The van der Waals surface area contributed by atoms with Crippen molar-refractivity contribution in [3.63, 3.8) is 0 Å². The number of thiazole rings is 1. The molecule has 0 bridgehead atoms. The first-order chi connectivity index (χ1) is 14.9. The summed E-state index contributed by atoms with van der Waals surface area (Å²) in [6.07, 6.45) is 5.18. The number of amides is 2. The first-order valence-corrected chi connectivity index (χ1v) is 13.7. The number of hydrogen-bond acceptors (Lipinski definition) is 7. The third kappa shape index (κ3) is 6.28. The molecule has 1 aliphatic rings. The molecule has 1 aromatic heterocycles. The molecule has 3 rings (SSSR count). The highest BCUT2D eigenvalue weighted by molar-refractivity contribution is 7.98. The lowest BCUT2D eigenvalue weighted by Crippen LogP contribution is -2.50. The summed E-state index contributed by atoms with van der Waals surface area (Å²) in [7, 11) is -3.66. The summed E-state index contributed by atoms with van der Waals surface area (Å²) in [5, 5.41) is 7.81. The van der Waals surface area contributed by atoms with Gasteiger partial charge < -0.3 is 10.6 Å². The standard InChI is InChI=1S/C20H26N4O4S3/c1-29-12-9-17(19(26)23-20-21-10-13-30-20)22-18(25)15-6-5-11-24(14-15)31(27,28)16-7-3-2-4-8-16/h2-4,7-8,10,13,15,17H,5-6,9,11-12,14H2,1H3,(H,22,25)(H,21,23,26). The smallest absolute Gasteiger partial charge is 0.248 e. The zero-order valence-corrected chi connectivity index (χ0v) is 19.6. The minimum absolute atomic E-state index is 0.104. The van der Waals surface area contributed by atoms with Crippen molar-refractivity contribution in [2.75, 3.05) is 30.4 Å². The van der Waals surface area contributed by atoms with Crippen LogP contribution >= 0.6 is 23.1 Å². The molecular formula is C20H26N4O4S3. The number of carbonyl (C=O) groups excluding carboxylic acids is 2. The Bertz CT molecular complexity index is 968. The molecule has 0 saturated carbocycles. The minimum atomic E-state index is -3.66. The van der Waals surface area contributed by atoms with Crippen LogP contribution in [0.4, 0.5) is 5.13 Å². The molecule has 2 unspecified atom stereocenters. The molecule has 1 saturated heterocycles. The molecule has 2 amide bonds. The lowest BCUT2D eigenvalue weighted by Gasteiger charge is -2.32. The van der Waals surface area contributed by atoms with Crippen LogP contribution in [-0.4, -0.2) is 60.7 Å². The number of nitrogens with zero attached hydrogens (tertiary/aromatic N) is 2. The Hall–Kier alpha value is -1.95. The summed E-state index contributed by atoms with van der Waals surface area (Å²) >= 11 is 2.89. The maximum atomic E-state index is 13.0. The van der Waals surface area contributed by atoms with Crippen molar-refractivity contribution in [1.29, 1.82) is 0 Å². The minimum Gasteiger partial charge on any atom is -0.344 e. The number of sulfonamides is 1. The van der Waals surface area contributed by atoms with E-state index in [0.29, 0.717) is 36.7 Å². The Morgan fingerprint density at radius 3 is 2.77 bits per heavy atom. The first kappa shape index (κ1) is 23.7. The summed E-state index contributed by atoms with van der Waals surface area (Å²) in [5.74, 6) is -0.415. The second kappa shape index (κ2) is 11.1. The van der Waals surface area contributed by atoms with Gasteiger partial charge in [0, 0.05) is 24.7 Å². The van der Waals surface area contributed by atoms with Crippen LogP contribution in [0.25, 0.3) is 0 Å². The van der Waals surface area contributed by atoms with Crippen molar-refractivity contribution < 1.29 is 18.0 Å². The van der Waals surface area contributed by atoms with Gasteiger partial charge >= 0.3 is 0 Å². The monoisotopic (exact) mass is 482 g/mol. The van der Waals surface area contributed by atoms with Crippen molar-refractivity contribution in [3.05, 3.63) is 41.9 Å². The van der Waals surface area contributed by atoms with E-state index in [9.17, 15) is 18.0 Å². The molecule has 1 aliphatic heterocycles. The van der Waals surface area contributed by atoms with Crippen LogP contribution in [0.2, 0.25) is 0 Å². The highest BCUT2D eigenvalue weighted by Gasteiger charge is 2.34. The second-order valence-corrected chi connectivity index (χ2v) is 11.0. The normalized spacial score (nSPS) is 18.3. The fourth-order valence-corrected chi connectivity index (χ4v) is 5.94. The van der Waals surface area contributed by atoms with Crippen molar-refractivity contribution in [2.45, 2.75) is 30.2 Å². The van der Waals surface area contributed by atoms with E-state index in [1.165, 1.54) is 15.6 Å². The maximum Gasteiger partial charge on any atom is 0.248 e. The number of rotatable bonds is 9. The number of aromatic nitrogens is 1. The van der Waals surface area contributed by atoms with E-state index >= 15 is 0 Å². The van der Waals surface area contributed by atoms with Crippen molar-refractivity contribution in [2.24, 2.45) is 5.92 Å². The molecule has 2 heterocycles. The highest BCUT2D eigenvalue weighted by atomic mass is 32.2. The van der Waals surface area contributed by atoms with Gasteiger partial charge in [-0.15, -0.1) is 11.3 Å². The molecule has 1 fully saturated rings. The molecule has 0 radical (unpaired) electrons. The van der Waals surface area contributed by atoms with Gasteiger partial charge in [-0.05, 0) is 43.4 Å². The van der Waals surface area contributed by atoms with Crippen molar-refractivity contribution in [3.8, 4) is 0 Å². The average Bonchev–Trinajstić information content (AvgIpc) is 3.30. The maximum absolute atomic E-state index is 13.0. The van der Waals surface area contributed by atoms with Crippen LogP contribution in [0.1, 0.15) is 19.3 Å². The van der Waals surface area contributed by atoms with Gasteiger partial charge in [0.2, 0.25) is 21.8 Å². The van der Waals surface area contributed by atoms with Gasteiger partial charge in [-0.3, -0.25) is 9.59 Å². The van der Waals surface area contributed by atoms with Gasteiger partial charge in [0.25, 0.3) is 0 Å². The Balaban J connectivity index is 1.66. The quantitative estimate of drug-likeness (QED) is 0.568. The van der Waals surface area contributed by atoms with Crippen LogP contribution < -0.4 is 10.6 Å². The van der Waals surface area contributed by atoms with Crippen molar-refractivity contribution >= 4 is 50.1 Å². The molecule has 11 heteroatoms. The molecule has 2 N–H and O–H groups in total. The lowest BCUT2D eigenvalue weighted by atomic mass is 9.98. The number of benzene rings is 1. The summed E-state index contributed by atoms with van der Waals surface area (Å²) in [6, 6.07) is 7.53. The molecular weight excluding hydrogens is 456 g/mol. The van der Waals surface area contributed by atoms with E-state index in [-0.39, 0.29) is 23.3 Å². The lowest BCUT2D eigenvalue weighted by molar-refractivity contribution is -0.130. The van der Waals surface area contributed by atoms with E-state index in [1.807, 2.05) is 6.26 Å². The number of thioether (sulfide) groups is 1. The van der Waals surface area contributed by atoms with Crippen LogP contribution in [0.15, 0.2) is 46.8 Å². The van der Waals surface area contributed by atoms with Gasteiger partial charge in [0.15, 0.2) is 5.13 Å². The zero-order valence-electron chi connectivity index (χ0n) is 17.2. The van der Waals surface area contributed by atoms with Gasteiger partial charge in [0.1, 0.15) is 6.04 Å². The molecule has 2 aromatic rings. The Morgan fingerprint density at radius 1 is 1.32 bits per heavy atom. The van der Waals surface area contributed by atoms with E-state index < -0.39 is 22.0 Å². The Labute approximate surface area is 190 Å². The van der Waals surface area contributed by atoms with Gasteiger partial charge in [-0.25, -0.2) is 13.4 Å². The summed E-state index contributed by atoms with van der Waals surface area (Å²) in [4.78, 5) is 29.9. The van der Waals surface area contributed by atoms with Crippen LogP contribution in [0.5, 0.6) is 0 Å². The van der Waals surface area contributed by atoms with Gasteiger partial charge in [0.05, 0.1) is 10.8 Å². The molecule has 8 nitrogen and oxygen atoms in total. The number of anilines is 1. The Kier molecular flexibility index (Phi) is 8.47. The van der Waals surface area contributed by atoms with Crippen LogP contribution in [-0.2, 0) is 19.6 Å². The van der Waals surface area contributed by atoms with E-state index in [2.05, 4.69) is 15.6 Å². The number of hydrogen-bond donors (Lipinski definition) is 2. The highest BCUT2D eigenvalue weighted by Crippen LogP contribution is 2.24. The average molecular weight is 483 g/mol. The molecule has 31 heavy (non-hydrogen) atoms. The van der Waals surface area contributed by atoms with Gasteiger partial charge in [-0.1, -0.05) is 18.2 Å². The zero-order chi connectivity index (χ0) is 22.3. The number of nitrogens with one attached hydrogen (secondary N) is 2. The second-order valence-electron chi connectivity index (χ2n) is 7.18. The van der Waals surface area contributed by atoms with Gasteiger partial charge in [-0.2, -0.15) is 16.1 Å². The molecule has 0 aliphatic carbocycles. The first-order valence-electron chi connectivity index (χ1n) is 9.96. The van der Waals surface area contributed by atoms with Crippen LogP contribution in [0.3, 0.4) is 0 Å². The fraction of sp³-hybridized carbons (Fsp3) is 0.450. The third-order valence-electron chi connectivity index (χ3n) is 5.04. The van der Waals surface area contributed by atoms with Crippen molar-refractivity contribution in [1.82, 2.24) is 14.6 Å². The third-order valence-corrected chi connectivity index (χ3v) is 8.25. The summed E-state index contributed by atoms with van der Waals surface area (Å²) in [6.45, 7) is 0.480. The molecule has 1 aromatic carbocycles. The molecule has 168 valence electrons.